The zero-order valence-corrected chi connectivity index (χ0v) is 9.20. The van der Waals surface area contributed by atoms with Crippen LogP contribution < -0.4 is 4.90 Å². The van der Waals surface area contributed by atoms with Crippen molar-refractivity contribution in [1.29, 1.82) is 0 Å². The van der Waals surface area contributed by atoms with Crippen LogP contribution in [0.4, 0.5) is 14.5 Å². The van der Waals surface area contributed by atoms with Crippen molar-refractivity contribution in [1.82, 2.24) is 0 Å². The highest BCUT2D eigenvalue weighted by atomic mass is 19.1. The van der Waals surface area contributed by atoms with Crippen LogP contribution in [0.25, 0.3) is 0 Å². The lowest BCUT2D eigenvalue weighted by Crippen LogP contribution is -2.30. The van der Waals surface area contributed by atoms with Crippen molar-refractivity contribution >= 4 is 12.0 Å². The van der Waals surface area contributed by atoms with E-state index in [0.717, 1.165) is 25.0 Å². The first kappa shape index (κ1) is 12.0. The number of carbonyl (C=O) groups excluding carboxylic acids is 1. The number of anilines is 1. The van der Waals surface area contributed by atoms with Gasteiger partial charge in [-0.2, -0.15) is 0 Å². The minimum absolute atomic E-state index is 0.0245. The Labute approximate surface area is 97.7 Å². The van der Waals surface area contributed by atoms with Gasteiger partial charge in [0.15, 0.2) is 0 Å². The number of aldehydes is 1. The average molecular weight is 241 g/mol. The Balaban J connectivity index is 2.38. The van der Waals surface area contributed by atoms with Gasteiger partial charge in [0.25, 0.3) is 0 Å². The first-order valence-corrected chi connectivity index (χ1v) is 5.49. The topological polar surface area (TPSA) is 40.5 Å². The third-order valence-electron chi connectivity index (χ3n) is 2.79. The fraction of sp³-hybridized carbons (Fsp3) is 0.417. The van der Waals surface area contributed by atoms with Gasteiger partial charge in [0, 0.05) is 18.2 Å². The predicted molar refractivity (Wildman–Crippen MR) is 59.2 cm³/mol. The fourth-order valence-electron chi connectivity index (χ4n) is 1.90. The number of rotatable bonds is 5. The first-order valence-electron chi connectivity index (χ1n) is 5.49. The quantitative estimate of drug-likeness (QED) is 0.798. The number of nitrogens with zero attached hydrogens (tertiary/aromatic N) is 1. The van der Waals surface area contributed by atoms with E-state index >= 15 is 0 Å². The van der Waals surface area contributed by atoms with Gasteiger partial charge in [-0.25, -0.2) is 8.78 Å². The van der Waals surface area contributed by atoms with Crippen molar-refractivity contribution in [2.75, 3.05) is 18.1 Å². The summed E-state index contributed by atoms with van der Waals surface area (Å²) >= 11 is 0. The number of carbonyl (C=O) groups is 1. The second kappa shape index (κ2) is 4.79. The van der Waals surface area contributed by atoms with Crippen LogP contribution in [0.3, 0.4) is 0 Å². The van der Waals surface area contributed by atoms with Crippen molar-refractivity contribution in [3.63, 3.8) is 0 Å². The predicted octanol–water partition coefficient (Wildman–Crippen LogP) is 1.74. The molecule has 5 heteroatoms. The van der Waals surface area contributed by atoms with Crippen LogP contribution >= 0.6 is 0 Å². The Bertz CT molecular complexity index is 410. The van der Waals surface area contributed by atoms with Gasteiger partial charge < -0.3 is 10.0 Å². The molecule has 0 bridgehead atoms. The molecule has 0 unspecified atom stereocenters. The zero-order valence-electron chi connectivity index (χ0n) is 9.20. The molecule has 1 saturated carbocycles. The van der Waals surface area contributed by atoms with Crippen LogP contribution in [0.1, 0.15) is 23.2 Å². The summed E-state index contributed by atoms with van der Waals surface area (Å²) in [6, 6.07) is 2.12. The maximum absolute atomic E-state index is 13.7. The molecule has 1 aromatic carbocycles. The molecule has 0 amide bonds. The SMILES string of the molecule is O=Cc1cc(F)c(N(CCO)C2CC2)c(F)c1. The Hall–Kier alpha value is -1.49. The number of hydrogen-bond donors (Lipinski definition) is 1. The van der Waals surface area contributed by atoms with Crippen molar-refractivity contribution in [2.24, 2.45) is 0 Å². The molecule has 1 aromatic rings. The molecule has 0 spiro atoms. The van der Waals surface area contributed by atoms with E-state index in [1.165, 1.54) is 4.90 Å². The number of halogens is 2. The first-order chi connectivity index (χ1) is 8.17. The van der Waals surface area contributed by atoms with E-state index in [4.69, 9.17) is 5.11 Å². The smallest absolute Gasteiger partial charge is 0.150 e. The van der Waals surface area contributed by atoms with Gasteiger partial charge in [0.05, 0.1) is 6.61 Å². The molecule has 0 aliphatic heterocycles. The van der Waals surface area contributed by atoms with E-state index in [2.05, 4.69) is 0 Å². The van der Waals surface area contributed by atoms with Crippen LogP contribution in [0.5, 0.6) is 0 Å². The third kappa shape index (κ3) is 2.44. The summed E-state index contributed by atoms with van der Waals surface area (Å²) in [6.45, 7) is 0.0315. The molecule has 1 fully saturated rings. The van der Waals surface area contributed by atoms with E-state index in [1.54, 1.807) is 0 Å². The van der Waals surface area contributed by atoms with E-state index in [0.29, 0.717) is 6.29 Å². The minimum Gasteiger partial charge on any atom is -0.395 e. The molecule has 0 heterocycles. The number of benzene rings is 1. The monoisotopic (exact) mass is 241 g/mol. The normalized spacial score (nSPS) is 14.8. The summed E-state index contributed by atoms with van der Waals surface area (Å²) in [7, 11) is 0. The van der Waals surface area contributed by atoms with Crippen LogP contribution in [0.15, 0.2) is 12.1 Å². The van der Waals surface area contributed by atoms with Crippen molar-refractivity contribution in [3.8, 4) is 0 Å². The molecule has 2 rings (SSSR count). The Morgan fingerprint density at radius 1 is 1.35 bits per heavy atom. The highest BCUT2D eigenvalue weighted by molar-refractivity contribution is 5.76. The molecule has 0 aromatic heterocycles. The van der Waals surface area contributed by atoms with Gasteiger partial charge in [0.2, 0.25) is 0 Å². The summed E-state index contributed by atoms with van der Waals surface area (Å²) in [5.41, 5.74) is -0.171. The zero-order chi connectivity index (χ0) is 12.4. The second-order valence-electron chi connectivity index (χ2n) is 4.10. The molecular weight excluding hydrogens is 228 g/mol. The Morgan fingerprint density at radius 3 is 2.35 bits per heavy atom. The van der Waals surface area contributed by atoms with E-state index in [1.807, 2.05) is 0 Å². The van der Waals surface area contributed by atoms with Crippen molar-refractivity contribution < 1.29 is 18.7 Å². The van der Waals surface area contributed by atoms with Crippen LogP contribution in [-0.2, 0) is 0 Å². The molecule has 0 saturated heterocycles. The van der Waals surface area contributed by atoms with Gasteiger partial charge in [0.1, 0.15) is 23.6 Å². The van der Waals surface area contributed by atoms with Crippen molar-refractivity contribution in [3.05, 3.63) is 29.3 Å². The summed E-state index contributed by atoms with van der Waals surface area (Å²) in [5, 5.41) is 8.91. The van der Waals surface area contributed by atoms with Crippen LogP contribution in [-0.4, -0.2) is 30.6 Å². The molecule has 1 N–H and O–H groups in total. The molecule has 3 nitrogen and oxygen atoms in total. The van der Waals surface area contributed by atoms with Gasteiger partial charge >= 0.3 is 0 Å². The molecule has 92 valence electrons. The lowest BCUT2D eigenvalue weighted by Gasteiger charge is -2.24. The molecule has 0 radical (unpaired) electrons. The fourth-order valence-corrected chi connectivity index (χ4v) is 1.90. The van der Waals surface area contributed by atoms with E-state index in [-0.39, 0.29) is 30.4 Å². The summed E-state index contributed by atoms with van der Waals surface area (Å²) in [4.78, 5) is 12.0. The summed E-state index contributed by atoms with van der Waals surface area (Å²) < 4.78 is 27.5. The Morgan fingerprint density at radius 2 is 1.94 bits per heavy atom. The third-order valence-corrected chi connectivity index (χ3v) is 2.79. The Kier molecular flexibility index (Phi) is 3.38. The van der Waals surface area contributed by atoms with Crippen LogP contribution in [0, 0.1) is 11.6 Å². The van der Waals surface area contributed by atoms with Gasteiger partial charge in [-0.3, -0.25) is 4.79 Å². The maximum atomic E-state index is 13.7. The number of aliphatic hydroxyl groups is 1. The number of hydrogen-bond acceptors (Lipinski definition) is 3. The molecule has 0 atom stereocenters. The van der Waals surface area contributed by atoms with E-state index in [9.17, 15) is 13.6 Å². The lowest BCUT2D eigenvalue weighted by molar-refractivity contribution is 0.112. The van der Waals surface area contributed by atoms with E-state index < -0.39 is 11.6 Å². The standard InChI is InChI=1S/C12H13F2NO2/c13-10-5-8(7-17)6-11(14)12(10)15(3-4-16)9-1-2-9/h5-7,9,16H,1-4H2. The second-order valence-corrected chi connectivity index (χ2v) is 4.10. The maximum Gasteiger partial charge on any atom is 0.150 e. The molecule has 1 aliphatic rings. The van der Waals surface area contributed by atoms with Crippen molar-refractivity contribution in [2.45, 2.75) is 18.9 Å². The molecule has 1 aliphatic carbocycles. The summed E-state index contributed by atoms with van der Waals surface area (Å²) in [5.74, 6) is -1.51. The van der Waals surface area contributed by atoms with Gasteiger partial charge in [-0.15, -0.1) is 0 Å². The minimum atomic E-state index is -0.757. The number of aliphatic hydroxyl groups excluding tert-OH is 1. The van der Waals surface area contributed by atoms with Gasteiger partial charge in [-0.1, -0.05) is 0 Å². The average Bonchev–Trinajstić information content (AvgIpc) is 3.10. The van der Waals surface area contributed by atoms with Crippen LogP contribution in [0.2, 0.25) is 0 Å². The van der Waals surface area contributed by atoms with Gasteiger partial charge in [-0.05, 0) is 25.0 Å². The lowest BCUT2D eigenvalue weighted by atomic mass is 10.2. The molecular formula is C12H13F2NO2. The molecule has 17 heavy (non-hydrogen) atoms. The largest absolute Gasteiger partial charge is 0.395 e. The highest BCUT2D eigenvalue weighted by Crippen LogP contribution is 2.34. The highest BCUT2D eigenvalue weighted by Gasteiger charge is 2.32. The summed E-state index contributed by atoms with van der Waals surface area (Å²) in [6.07, 6.45) is 2.14.